The average molecular weight is 429 g/mol. The first-order chi connectivity index (χ1) is 14.5. The van der Waals surface area contributed by atoms with Crippen molar-refractivity contribution < 1.29 is 17.9 Å². The van der Waals surface area contributed by atoms with Gasteiger partial charge in [0.25, 0.3) is 5.91 Å². The maximum Gasteiger partial charge on any atom is 0.255 e. The normalized spacial score (nSPS) is 18.8. The number of carbonyl (C=O) groups is 1. The summed E-state index contributed by atoms with van der Waals surface area (Å²) in [7, 11) is -2.89. The molecule has 2 fully saturated rings. The Balaban J connectivity index is 1.33. The number of hydrogen-bond donors (Lipinski definition) is 1. The maximum absolute atomic E-state index is 12.7. The summed E-state index contributed by atoms with van der Waals surface area (Å²) in [5, 5.41) is 2.96. The molecule has 0 atom stereocenters. The lowest BCUT2D eigenvalue weighted by Crippen LogP contribution is -2.39. The predicted molar refractivity (Wildman–Crippen MR) is 117 cm³/mol. The van der Waals surface area contributed by atoms with Crippen LogP contribution >= 0.6 is 0 Å². The van der Waals surface area contributed by atoms with Crippen molar-refractivity contribution in [3.63, 3.8) is 0 Å². The van der Waals surface area contributed by atoms with E-state index >= 15 is 0 Å². The van der Waals surface area contributed by atoms with E-state index in [1.807, 2.05) is 42.5 Å². The Morgan fingerprint density at radius 1 is 1.03 bits per heavy atom. The van der Waals surface area contributed by atoms with Crippen molar-refractivity contribution in [3.8, 4) is 0 Å². The lowest BCUT2D eigenvalue weighted by atomic mass is 10.1. The standard InChI is InChI=1S/C23H28N2O4S/c26-23(24-22-6-2-4-20(14-22)17-29-16-18-7-8-18)21-5-1-3-19(13-21)15-25-9-11-30(27,28)12-10-25/h1-6,13-14,18H,7-12,15-17H2,(H,24,26). The molecule has 1 N–H and O–H groups in total. The Morgan fingerprint density at radius 3 is 2.53 bits per heavy atom. The molecule has 4 rings (SSSR count). The van der Waals surface area contributed by atoms with Crippen LogP contribution in [0.3, 0.4) is 0 Å². The molecule has 0 spiro atoms. The number of hydrogen-bond acceptors (Lipinski definition) is 5. The van der Waals surface area contributed by atoms with Crippen molar-refractivity contribution in [3.05, 3.63) is 65.2 Å². The lowest BCUT2D eigenvalue weighted by molar-refractivity contribution is 0.102. The van der Waals surface area contributed by atoms with Gasteiger partial charge in [0.1, 0.15) is 0 Å². The van der Waals surface area contributed by atoms with E-state index in [1.165, 1.54) is 12.8 Å². The van der Waals surface area contributed by atoms with E-state index in [2.05, 4.69) is 10.2 Å². The van der Waals surface area contributed by atoms with Crippen molar-refractivity contribution in [2.45, 2.75) is 26.0 Å². The van der Waals surface area contributed by atoms with E-state index in [9.17, 15) is 13.2 Å². The summed E-state index contributed by atoms with van der Waals surface area (Å²) >= 11 is 0. The number of nitrogens with zero attached hydrogens (tertiary/aromatic N) is 1. The highest BCUT2D eigenvalue weighted by atomic mass is 32.2. The zero-order valence-corrected chi connectivity index (χ0v) is 17.9. The third kappa shape index (κ3) is 6.14. The molecular weight excluding hydrogens is 400 g/mol. The smallest absolute Gasteiger partial charge is 0.255 e. The monoisotopic (exact) mass is 428 g/mol. The van der Waals surface area contributed by atoms with Gasteiger partial charge in [-0.2, -0.15) is 0 Å². The number of nitrogens with one attached hydrogen (secondary N) is 1. The van der Waals surface area contributed by atoms with E-state index in [1.54, 1.807) is 6.07 Å². The Labute approximate surface area is 178 Å². The molecule has 2 aliphatic rings. The molecule has 1 saturated heterocycles. The molecule has 1 aliphatic heterocycles. The van der Waals surface area contributed by atoms with Gasteiger partial charge < -0.3 is 10.1 Å². The molecule has 160 valence electrons. The van der Waals surface area contributed by atoms with Crippen LogP contribution in [0.2, 0.25) is 0 Å². The number of ether oxygens (including phenoxy) is 1. The van der Waals surface area contributed by atoms with Gasteiger partial charge in [-0.3, -0.25) is 9.69 Å². The van der Waals surface area contributed by atoms with Gasteiger partial charge in [0.15, 0.2) is 9.84 Å². The second kappa shape index (κ2) is 9.29. The minimum atomic E-state index is -2.89. The molecular formula is C23H28N2O4S. The number of anilines is 1. The van der Waals surface area contributed by atoms with Crippen molar-refractivity contribution in [1.29, 1.82) is 0 Å². The summed E-state index contributed by atoms with van der Waals surface area (Å²) < 4.78 is 28.9. The highest BCUT2D eigenvalue weighted by Gasteiger charge is 2.22. The van der Waals surface area contributed by atoms with E-state index in [-0.39, 0.29) is 17.4 Å². The Bertz CT molecular complexity index is 988. The summed E-state index contributed by atoms with van der Waals surface area (Å²) in [6, 6.07) is 15.3. The highest BCUT2D eigenvalue weighted by Crippen LogP contribution is 2.29. The van der Waals surface area contributed by atoms with E-state index in [0.29, 0.717) is 31.8 Å². The second-order valence-corrected chi connectivity index (χ2v) is 10.5. The number of amides is 1. The summed E-state index contributed by atoms with van der Waals surface area (Å²) in [6.45, 7) is 3.08. The van der Waals surface area contributed by atoms with Gasteiger partial charge in [0, 0.05) is 37.5 Å². The van der Waals surface area contributed by atoms with Crippen LogP contribution in [-0.4, -0.2) is 50.4 Å². The van der Waals surface area contributed by atoms with Gasteiger partial charge in [-0.1, -0.05) is 24.3 Å². The minimum Gasteiger partial charge on any atom is -0.376 e. The molecule has 1 aliphatic carbocycles. The number of benzene rings is 2. The SMILES string of the molecule is O=C(Nc1cccc(COCC2CC2)c1)c1cccc(CN2CCS(=O)(=O)CC2)c1. The summed E-state index contributed by atoms with van der Waals surface area (Å²) in [5.74, 6) is 0.977. The first-order valence-electron chi connectivity index (χ1n) is 10.5. The lowest BCUT2D eigenvalue weighted by Gasteiger charge is -2.26. The molecule has 0 unspecified atom stereocenters. The van der Waals surface area contributed by atoms with Gasteiger partial charge in [0.2, 0.25) is 0 Å². The molecule has 1 heterocycles. The Hall–Kier alpha value is -2.22. The van der Waals surface area contributed by atoms with Crippen molar-refractivity contribution in [2.24, 2.45) is 5.92 Å². The molecule has 0 aromatic heterocycles. The summed E-state index contributed by atoms with van der Waals surface area (Å²) in [6.07, 6.45) is 2.54. The second-order valence-electron chi connectivity index (χ2n) is 8.24. The highest BCUT2D eigenvalue weighted by molar-refractivity contribution is 7.91. The van der Waals surface area contributed by atoms with Gasteiger partial charge >= 0.3 is 0 Å². The topological polar surface area (TPSA) is 75.7 Å². The van der Waals surface area contributed by atoms with Crippen LogP contribution < -0.4 is 5.32 Å². The quantitative estimate of drug-likeness (QED) is 0.699. The maximum atomic E-state index is 12.7. The molecule has 2 aromatic rings. The molecule has 0 bridgehead atoms. The van der Waals surface area contributed by atoms with Crippen LogP contribution in [-0.2, 0) is 27.7 Å². The zero-order valence-electron chi connectivity index (χ0n) is 17.0. The predicted octanol–water partition coefficient (Wildman–Crippen LogP) is 3.10. The van der Waals surface area contributed by atoms with Gasteiger partial charge in [-0.05, 0) is 54.2 Å². The van der Waals surface area contributed by atoms with Crippen LogP contribution in [0.25, 0.3) is 0 Å². The number of rotatable bonds is 8. The number of sulfone groups is 1. The minimum absolute atomic E-state index is 0.158. The van der Waals surface area contributed by atoms with E-state index in [4.69, 9.17) is 4.74 Å². The molecule has 1 saturated carbocycles. The fraction of sp³-hybridized carbons (Fsp3) is 0.435. The van der Waals surface area contributed by atoms with E-state index in [0.717, 1.165) is 29.3 Å². The van der Waals surface area contributed by atoms with Crippen LogP contribution in [0.5, 0.6) is 0 Å². The third-order valence-corrected chi connectivity index (χ3v) is 7.15. The largest absolute Gasteiger partial charge is 0.376 e. The van der Waals surface area contributed by atoms with Crippen molar-refractivity contribution >= 4 is 21.4 Å². The molecule has 6 nitrogen and oxygen atoms in total. The van der Waals surface area contributed by atoms with Gasteiger partial charge in [-0.15, -0.1) is 0 Å². The van der Waals surface area contributed by atoms with Crippen LogP contribution in [0.1, 0.15) is 34.3 Å². The van der Waals surface area contributed by atoms with Gasteiger partial charge in [-0.25, -0.2) is 8.42 Å². The van der Waals surface area contributed by atoms with Crippen LogP contribution in [0.4, 0.5) is 5.69 Å². The molecule has 1 amide bonds. The van der Waals surface area contributed by atoms with Crippen molar-refractivity contribution in [2.75, 3.05) is 36.5 Å². The Kier molecular flexibility index (Phi) is 6.51. The molecule has 0 radical (unpaired) electrons. The first-order valence-corrected chi connectivity index (χ1v) is 12.3. The first kappa shape index (κ1) is 21.0. The van der Waals surface area contributed by atoms with E-state index < -0.39 is 9.84 Å². The summed E-state index contributed by atoms with van der Waals surface area (Å²) in [5.41, 5.74) is 3.39. The Morgan fingerprint density at radius 2 is 1.77 bits per heavy atom. The summed E-state index contributed by atoms with van der Waals surface area (Å²) in [4.78, 5) is 14.8. The molecule has 7 heteroatoms. The molecule has 2 aromatic carbocycles. The fourth-order valence-corrected chi connectivity index (χ4v) is 4.82. The van der Waals surface area contributed by atoms with Crippen molar-refractivity contribution in [1.82, 2.24) is 4.90 Å². The zero-order chi connectivity index (χ0) is 21.0. The van der Waals surface area contributed by atoms with Gasteiger partial charge in [0.05, 0.1) is 18.1 Å². The average Bonchev–Trinajstić information content (AvgIpc) is 3.55. The number of carbonyl (C=O) groups excluding carboxylic acids is 1. The fourth-order valence-electron chi connectivity index (χ4n) is 3.55. The van der Waals surface area contributed by atoms with Crippen LogP contribution in [0, 0.1) is 5.92 Å². The van der Waals surface area contributed by atoms with Crippen LogP contribution in [0.15, 0.2) is 48.5 Å². The third-order valence-electron chi connectivity index (χ3n) is 5.54. The molecule has 30 heavy (non-hydrogen) atoms.